The fraction of sp³-hybridized carbons (Fsp3) is 0.200. The van der Waals surface area contributed by atoms with E-state index in [-0.39, 0.29) is 40.1 Å². The maximum absolute atomic E-state index is 14.2. The van der Waals surface area contributed by atoms with E-state index in [1.165, 1.54) is 29.2 Å². The Bertz CT molecular complexity index is 1550. The van der Waals surface area contributed by atoms with Gasteiger partial charge in [-0.1, -0.05) is 25.2 Å². The molecule has 192 valence electrons. The Morgan fingerprint density at radius 1 is 1.05 bits per heavy atom. The van der Waals surface area contributed by atoms with E-state index in [4.69, 9.17) is 0 Å². The number of nitrogens with zero attached hydrogens (tertiary/aromatic N) is 2. The lowest BCUT2D eigenvalue weighted by Crippen LogP contribution is -2.27. The molecule has 0 radical (unpaired) electrons. The van der Waals surface area contributed by atoms with Crippen LogP contribution in [0.3, 0.4) is 0 Å². The third-order valence-electron chi connectivity index (χ3n) is 6.03. The van der Waals surface area contributed by atoms with Gasteiger partial charge in [0.15, 0.2) is 5.13 Å². The summed E-state index contributed by atoms with van der Waals surface area (Å²) in [6, 6.07) is 8.43. The zero-order valence-corrected chi connectivity index (χ0v) is 20.2. The van der Waals surface area contributed by atoms with Gasteiger partial charge >= 0.3 is 12.2 Å². The lowest BCUT2D eigenvalue weighted by atomic mass is 9.83. The summed E-state index contributed by atoms with van der Waals surface area (Å²) in [6.45, 7) is 3.24. The van der Waals surface area contributed by atoms with Crippen LogP contribution in [0.5, 0.6) is 5.75 Å². The monoisotopic (exact) mass is 534 g/mol. The normalized spacial score (nSPS) is 14.6. The van der Waals surface area contributed by atoms with E-state index in [1.807, 2.05) is 0 Å². The second kappa shape index (κ2) is 8.58. The molecule has 0 fully saturated rings. The summed E-state index contributed by atoms with van der Waals surface area (Å²) in [7, 11) is 0. The highest BCUT2D eigenvalue weighted by molar-refractivity contribution is 7.22. The summed E-state index contributed by atoms with van der Waals surface area (Å²) >= 11 is 1.03. The van der Waals surface area contributed by atoms with Crippen molar-refractivity contribution in [1.29, 1.82) is 0 Å². The molecule has 3 N–H and O–H groups in total. The van der Waals surface area contributed by atoms with Gasteiger partial charge in [0, 0.05) is 12.0 Å². The van der Waals surface area contributed by atoms with Gasteiger partial charge in [0.05, 0.1) is 32.8 Å². The summed E-state index contributed by atoms with van der Waals surface area (Å²) in [4.78, 5) is 18.4. The smallest absolute Gasteiger partial charge is 0.416 e. The SMILES string of the molecule is CC1(C)CN(c2ccc(F)cc2NC(=O)Nc2nc3ccc(F)cc3s2)c2c(O)ccc(C(F)(F)F)c21. The lowest BCUT2D eigenvalue weighted by Gasteiger charge is -2.25. The number of phenols is 1. The van der Waals surface area contributed by atoms with Gasteiger partial charge in [-0.3, -0.25) is 5.32 Å². The molecular formula is C25H19F5N4O2S. The molecule has 1 aromatic heterocycles. The van der Waals surface area contributed by atoms with Gasteiger partial charge in [-0.25, -0.2) is 18.6 Å². The van der Waals surface area contributed by atoms with Crippen LogP contribution < -0.4 is 15.5 Å². The average Bonchev–Trinajstić information content (AvgIpc) is 3.30. The molecule has 0 bridgehead atoms. The molecule has 2 amide bonds. The first-order chi connectivity index (χ1) is 17.3. The van der Waals surface area contributed by atoms with Crippen molar-refractivity contribution in [3.8, 4) is 5.75 Å². The fourth-order valence-corrected chi connectivity index (χ4v) is 5.47. The molecule has 3 aromatic carbocycles. The Balaban J connectivity index is 1.51. The van der Waals surface area contributed by atoms with Crippen molar-refractivity contribution in [2.24, 2.45) is 0 Å². The highest BCUT2D eigenvalue weighted by atomic mass is 32.1. The summed E-state index contributed by atoms with van der Waals surface area (Å²) in [5, 5.41) is 15.8. The third kappa shape index (κ3) is 4.52. The molecule has 4 aromatic rings. The molecule has 0 aliphatic carbocycles. The van der Waals surface area contributed by atoms with E-state index in [0.717, 1.165) is 35.6 Å². The van der Waals surface area contributed by atoms with Gasteiger partial charge in [-0.15, -0.1) is 0 Å². The standard InChI is InChI=1S/C25H19F5N4O2S/c1-24(2)11-34(21-18(35)8-5-14(20(21)24)25(28,29)30)17-7-4-12(26)9-16(17)31-22(36)33-23-32-15-6-3-13(27)10-19(15)37-23/h3-10,35H,11H2,1-2H3,(H2,31,32,33,36). The van der Waals surface area contributed by atoms with Gasteiger partial charge in [-0.05, 0) is 54.1 Å². The first-order valence-electron chi connectivity index (χ1n) is 11.0. The molecule has 12 heteroatoms. The van der Waals surface area contributed by atoms with E-state index in [1.54, 1.807) is 13.8 Å². The predicted octanol–water partition coefficient (Wildman–Crippen LogP) is 7.37. The number of fused-ring (bicyclic) bond motifs is 2. The van der Waals surface area contributed by atoms with Gasteiger partial charge < -0.3 is 15.3 Å². The number of carbonyl (C=O) groups is 1. The van der Waals surface area contributed by atoms with Gasteiger partial charge in [0.1, 0.15) is 17.4 Å². The van der Waals surface area contributed by atoms with E-state index < -0.39 is 34.8 Å². The van der Waals surface area contributed by atoms with Crippen LogP contribution in [0.25, 0.3) is 10.2 Å². The average molecular weight is 535 g/mol. The number of amides is 2. The zero-order chi connectivity index (χ0) is 26.7. The molecule has 1 aliphatic rings. The number of thiazole rings is 1. The molecule has 0 atom stereocenters. The van der Waals surface area contributed by atoms with Crippen LogP contribution in [0.2, 0.25) is 0 Å². The quantitative estimate of drug-likeness (QED) is 0.240. The topological polar surface area (TPSA) is 77.5 Å². The molecule has 0 unspecified atom stereocenters. The van der Waals surface area contributed by atoms with Crippen molar-refractivity contribution in [2.45, 2.75) is 25.4 Å². The Morgan fingerprint density at radius 3 is 2.49 bits per heavy atom. The molecule has 37 heavy (non-hydrogen) atoms. The first-order valence-corrected chi connectivity index (χ1v) is 11.8. The van der Waals surface area contributed by atoms with Crippen molar-refractivity contribution < 1.29 is 31.9 Å². The number of hydrogen-bond donors (Lipinski definition) is 3. The van der Waals surface area contributed by atoms with Gasteiger partial charge in [-0.2, -0.15) is 13.2 Å². The van der Waals surface area contributed by atoms with Gasteiger partial charge in [0.2, 0.25) is 0 Å². The molecule has 0 saturated heterocycles. The largest absolute Gasteiger partial charge is 0.506 e. The van der Waals surface area contributed by atoms with Crippen LogP contribution in [0.15, 0.2) is 48.5 Å². The number of alkyl halides is 3. The lowest BCUT2D eigenvalue weighted by molar-refractivity contribution is -0.138. The minimum absolute atomic E-state index is 0.0222. The first kappa shape index (κ1) is 24.8. The molecule has 1 aliphatic heterocycles. The zero-order valence-electron chi connectivity index (χ0n) is 19.4. The summed E-state index contributed by atoms with van der Waals surface area (Å²) in [6.07, 6.45) is -4.66. The summed E-state index contributed by atoms with van der Waals surface area (Å²) < 4.78 is 69.6. The molecule has 6 nitrogen and oxygen atoms in total. The van der Waals surface area contributed by atoms with Crippen molar-refractivity contribution >= 4 is 49.8 Å². The maximum atomic E-state index is 14.2. The fourth-order valence-electron chi connectivity index (χ4n) is 4.58. The number of benzene rings is 3. The van der Waals surface area contributed by atoms with Crippen LogP contribution in [0.1, 0.15) is 25.0 Å². The minimum Gasteiger partial charge on any atom is -0.506 e. The number of halogens is 5. The maximum Gasteiger partial charge on any atom is 0.416 e. The second-order valence-corrected chi connectivity index (χ2v) is 10.2. The number of urea groups is 1. The van der Waals surface area contributed by atoms with Crippen molar-refractivity contribution in [1.82, 2.24) is 4.98 Å². The van der Waals surface area contributed by atoms with E-state index in [0.29, 0.717) is 10.2 Å². The third-order valence-corrected chi connectivity index (χ3v) is 6.96. The Kier molecular flexibility index (Phi) is 5.74. The van der Waals surface area contributed by atoms with E-state index in [2.05, 4.69) is 15.6 Å². The van der Waals surface area contributed by atoms with Gasteiger partial charge in [0.25, 0.3) is 0 Å². The predicted molar refractivity (Wildman–Crippen MR) is 132 cm³/mol. The van der Waals surface area contributed by atoms with Crippen molar-refractivity contribution in [2.75, 3.05) is 22.1 Å². The molecule has 0 spiro atoms. The number of nitrogens with one attached hydrogen (secondary N) is 2. The van der Waals surface area contributed by atoms with Crippen molar-refractivity contribution in [3.05, 3.63) is 71.3 Å². The van der Waals surface area contributed by atoms with Crippen LogP contribution in [-0.2, 0) is 11.6 Å². The van der Waals surface area contributed by atoms with E-state index in [9.17, 15) is 31.9 Å². The Hall–Kier alpha value is -3.93. The number of aromatic hydroxyl groups is 1. The number of phenolic OH excluding ortho intramolecular Hbond substituents is 1. The number of rotatable bonds is 3. The molecular weight excluding hydrogens is 515 g/mol. The highest BCUT2D eigenvalue weighted by Gasteiger charge is 2.46. The van der Waals surface area contributed by atoms with Crippen LogP contribution in [0.4, 0.5) is 48.9 Å². The number of aromatic nitrogens is 1. The summed E-state index contributed by atoms with van der Waals surface area (Å²) in [5.74, 6) is -1.53. The number of carbonyl (C=O) groups excluding carboxylic acids is 1. The molecule has 5 rings (SSSR count). The Labute approximate surface area is 211 Å². The second-order valence-electron chi connectivity index (χ2n) is 9.20. The summed E-state index contributed by atoms with van der Waals surface area (Å²) in [5.41, 5.74) is -1.46. The highest BCUT2D eigenvalue weighted by Crippen LogP contribution is 2.54. The van der Waals surface area contributed by atoms with Crippen LogP contribution in [-0.4, -0.2) is 22.7 Å². The van der Waals surface area contributed by atoms with E-state index >= 15 is 0 Å². The Morgan fingerprint density at radius 2 is 1.76 bits per heavy atom. The number of hydrogen-bond acceptors (Lipinski definition) is 5. The minimum atomic E-state index is -4.66. The van der Waals surface area contributed by atoms with Crippen LogP contribution in [0, 0.1) is 11.6 Å². The molecule has 2 heterocycles. The molecule has 0 saturated carbocycles. The number of anilines is 4. The van der Waals surface area contributed by atoms with Crippen LogP contribution >= 0.6 is 11.3 Å². The van der Waals surface area contributed by atoms with Crippen molar-refractivity contribution in [3.63, 3.8) is 0 Å².